The van der Waals surface area contributed by atoms with Gasteiger partial charge in [-0.05, 0) is 37.5 Å². The number of nitrogens with two attached hydrogens (primary N) is 1. The lowest BCUT2D eigenvalue weighted by atomic mass is 10.1. The molecule has 0 spiro atoms. The lowest BCUT2D eigenvalue weighted by Crippen LogP contribution is -2.53. The fourth-order valence-electron chi connectivity index (χ4n) is 2.47. The van der Waals surface area contributed by atoms with Crippen molar-refractivity contribution in [3.05, 3.63) is 30.1 Å². The number of primary amides is 1. The number of carbonyl (C=O) groups excluding carboxylic acids is 1. The van der Waals surface area contributed by atoms with Crippen LogP contribution in [0.3, 0.4) is 0 Å². The Labute approximate surface area is 122 Å². The maximum Gasteiger partial charge on any atom is 0.243 e. The average molecular weight is 316 g/mol. The van der Waals surface area contributed by atoms with Crippen molar-refractivity contribution in [1.82, 2.24) is 4.31 Å². The van der Waals surface area contributed by atoms with Gasteiger partial charge < -0.3 is 10.8 Å². The van der Waals surface area contributed by atoms with Crippen molar-refractivity contribution in [3.8, 4) is 0 Å². The van der Waals surface area contributed by atoms with Crippen molar-refractivity contribution < 1.29 is 22.7 Å². The Balaban J connectivity index is 2.47. The van der Waals surface area contributed by atoms with E-state index >= 15 is 0 Å². The van der Waals surface area contributed by atoms with E-state index < -0.39 is 33.9 Å². The minimum atomic E-state index is -4.10. The summed E-state index contributed by atoms with van der Waals surface area (Å²) < 4.78 is 39.3. The average Bonchev–Trinajstić information content (AvgIpc) is 2.60. The molecule has 2 unspecified atom stereocenters. The highest BCUT2D eigenvalue weighted by atomic mass is 32.2. The zero-order chi connectivity index (χ0) is 15.6. The summed E-state index contributed by atoms with van der Waals surface area (Å²) in [6, 6.07) is 3.19. The van der Waals surface area contributed by atoms with Crippen LogP contribution in [-0.2, 0) is 14.8 Å². The van der Waals surface area contributed by atoms with Gasteiger partial charge in [0.1, 0.15) is 11.9 Å². The van der Waals surface area contributed by atoms with Crippen LogP contribution < -0.4 is 5.73 Å². The molecule has 1 fully saturated rings. The molecule has 2 atom stereocenters. The van der Waals surface area contributed by atoms with Gasteiger partial charge in [0.2, 0.25) is 15.9 Å². The van der Waals surface area contributed by atoms with E-state index in [0.29, 0.717) is 19.3 Å². The number of benzene rings is 1. The molecule has 1 aromatic carbocycles. The van der Waals surface area contributed by atoms with Gasteiger partial charge in [0.25, 0.3) is 0 Å². The molecule has 116 valence electrons. The third kappa shape index (κ3) is 3.22. The first-order chi connectivity index (χ1) is 9.84. The number of hydrogen-bond donors (Lipinski definition) is 2. The van der Waals surface area contributed by atoms with Gasteiger partial charge in [-0.3, -0.25) is 4.79 Å². The maximum absolute atomic E-state index is 13.3. The Morgan fingerprint density at radius 1 is 1.38 bits per heavy atom. The van der Waals surface area contributed by atoms with E-state index in [2.05, 4.69) is 0 Å². The van der Waals surface area contributed by atoms with Crippen LogP contribution in [0.2, 0.25) is 0 Å². The van der Waals surface area contributed by atoms with E-state index in [9.17, 15) is 22.7 Å². The second-order valence-corrected chi connectivity index (χ2v) is 6.87. The van der Waals surface area contributed by atoms with Crippen LogP contribution in [0.15, 0.2) is 29.2 Å². The molecule has 1 aromatic rings. The molecule has 6 nitrogen and oxygen atoms in total. The smallest absolute Gasteiger partial charge is 0.243 e. The zero-order valence-electron chi connectivity index (χ0n) is 11.3. The zero-order valence-corrected chi connectivity index (χ0v) is 12.1. The summed E-state index contributed by atoms with van der Waals surface area (Å²) in [5.41, 5.74) is 5.24. The largest absolute Gasteiger partial charge is 0.391 e. The van der Waals surface area contributed by atoms with Crippen molar-refractivity contribution >= 4 is 15.9 Å². The monoisotopic (exact) mass is 316 g/mol. The number of amides is 1. The standard InChI is InChI=1S/C13H17FN2O4S/c14-9-4-3-5-10(8-9)21(19,20)16-7-2-1-6-11(17)12(16)13(15)18/h3-5,8,11-12,17H,1-2,6-7H2,(H2,15,18). The summed E-state index contributed by atoms with van der Waals surface area (Å²) in [5.74, 6) is -1.61. The Hall–Kier alpha value is -1.51. The van der Waals surface area contributed by atoms with Crippen molar-refractivity contribution in [1.29, 1.82) is 0 Å². The molecule has 3 N–H and O–H groups in total. The van der Waals surface area contributed by atoms with Crippen LogP contribution >= 0.6 is 0 Å². The summed E-state index contributed by atoms with van der Waals surface area (Å²) in [6.45, 7) is 0.0590. The van der Waals surface area contributed by atoms with E-state index in [0.717, 1.165) is 16.4 Å². The Kier molecular flexibility index (Phi) is 4.60. The Morgan fingerprint density at radius 3 is 2.71 bits per heavy atom. The third-order valence-electron chi connectivity index (χ3n) is 3.50. The summed E-state index contributed by atoms with van der Waals surface area (Å²) in [5, 5.41) is 9.97. The van der Waals surface area contributed by atoms with E-state index in [4.69, 9.17) is 5.73 Å². The van der Waals surface area contributed by atoms with Gasteiger partial charge in [-0.2, -0.15) is 4.31 Å². The first-order valence-electron chi connectivity index (χ1n) is 6.59. The number of hydrogen-bond acceptors (Lipinski definition) is 4. The predicted octanol–water partition coefficient (Wildman–Crippen LogP) is 0.215. The number of aliphatic hydroxyl groups is 1. The van der Waals surface area contributed by atoms with E-state index in [1.165, 1.54) is 12.1 Å². The van der Waals surface area contributed by atoms with Gasteiger partial charge in [0.05, 0.1) is 11.0 Å². The third-order valence-corrected chi connectivity index (χ3v) is 5.37. The van der Waals surface area contributed by atoms with E-state index in [-0.39, 0.29) is 11.4 Å². The van der Waals surface area contributed by atoms with Crippen molar-refractivity contribution in [2.24, 2.45) is 5.73 Å². The Morgan fingerprint density at radius 2 is 2.10 bits per heavy atom. The molecule has 2 rings (SSSR count). The van der Waals surface area contributed by atoms with Crippen molar-refractivity contribution in [3.63, 3.8) is 0 Å². The molecule has 0 saturated carbocycles. The molecule has 1 saturated heterocycles. The van der Waals surface area contributed by atoms with Crippen LogP contribution in [0.1, 0.15) is 19.3 Å². The molecule has 0 bridgehead atoms. The fourth-order valence-corrected chi connectivity index (χ4v) is 4.17. The first kappa shape index (κ1) is 15.9. The lowest BCUT2D eigenvalue weighted by Gasteiger charge is -2.29. The molecule has 8 heteroatoms. The van der Waals surface area contributed by atoms with Gasteiger partial charge in [-0.1, -0.05) is 6.07 Å². The van der Waals surface area contributed by atoms with Crippen LogP contribution in [0.5, 0.6) is 0 Å². The summed E-state index contributed by atoms with van der Waals surface area (Å²) in [4.78, 5) is 11.3. The molecule has 0 aromatic heterocycles. The van der Waals surface area contributed by atoms with Crippen molar-refractivity contribution in [2.75, 3.05) is 6.54 Å². The highest BCUT2D eigenvalue weighted by Crippen LogP contribution is 2.25. The van der Waals surface area contributed by atoms with E-state index in [1.807, 2.05) is 0 Å². The normalized spacial score (nSPS) is 24.5. The highest BCUT2D eigenvalue weighted by molar-refractivity contribution is 7.89. The Bertz CT molecular complexity index is 635. The second-order valence-electron chi connectivity index (χ2n) is 4.98. The quantitative estimate of drug-likeness (QED) is 0.832. The fraction of sp³-hybridized carbons (Fsp3) is 0.462. The first-order valence-corrected chi connectivity index (χ1v) is 8.03. The van der Waals surface area contributed by atoms with E-state index in [1.54, 1.807) is 0 Å². The number of sulfonamides is 1. The topological polar surface area (TPSA) is 101 Å². The lowest BCUT2D eigenvalue weighted by molar-refractivity contribution is -0.124. The molecule has 21 heavy (non-hydrogen) atoms. The maximum atomic E-state index is 13.3. The summed E-state index contributed by atoms with van der Waals surface area (Å²) >= 11 is 0. The summed E-state index contributed by atoms with van der Waals surface area (Å²) in [7, 11) is -4.10. The molecular weight excluding hydrogens is 299 g/mol. The van der Waals surface area contributed by atoms with Gasteiger partial charge in [0.15, 0.2) is 0 Å². The second kappa shape index (κ2) is 6.08. The molecule has 1 heterocycles. The highest BCUT2D eigenvalue weighted by Gasteiger charge is 2.40. The number of rotatable bonds is 3. The molecule has 0 aliphatic carbocycles. The van der Waals surface area contributed by atoms with Crippen LogP contribution in [0.25, 0.3) is 0 Å². The van der Waals surface area contributed by atoms with Gasteiger partial charge in [-0.25, -0.2) is 12.8 Å². The number of aliphatic hydroxyl groups excluding tert-OH is 1. The number of nitrogens with zero attached hydrogens (tertiary/aromatic N) is 1. The number of halogens is 1. The molecule has 1 aliphatic rings. The van der Waals surface area contributed by atoms with Gasteiger partial charge in [0, 0.05) is 6.54 Å². The molecule has 1 aliphatic heterocycles. The predicted molar refractivity (Wildman–Crippen MR) is 73.1 cm³/mol. The number of carbonyl (C=O) groups is 1. The van der Waals surface area contributed by atoms with Crippen molar-refractivity contribution in [2.45, 2.75) is 36.3 Å². The minimum absolute atomic E-state index is 0.0590. The SMILES string of the molecule is NC(=O)C1C(O)CCCCN1S(=O)(=O)c1cccc(F)c1. The minimum Gasteiger partial charge on any atom is -0.391 e. The van der Waals surface area contributed by atoms with Crippen LogP contribution in [-0.4, -0.2) is 42.4 Å². The van der Waals surface area contributed by atoms with Crippen LogP contribution in [0, 0.1) is 5.82 Å². The molecule has 0 radical (unpaired) electrons. The molecular formula is C13H17FN2O4S. The van der Waals surface area contributed by atoms with Gasteiger partial charge in [-0.15, -0.1) is 0 Å². The summed E-state index contributed by atoms with van der Waals surface area (Å²) in [6.07, 6.45) is 0.214. The van der Waals surface area contributed by atoms with Crippen LogP contribution in [0.4, 0.5) is 4.39 Å². The molecule has 1 amide bonds. The van der Waals surface area contributed by atoms with Gasteiger partial charge >= 0.3 is 0 Å².